The topological polar surface area (TPSA) is 52.6 Å². The molecule has 1 rings (SSSR count). The Labute approximate surface area is 81.4 Å². The van der Waals surface area contributed by atoms with Gasteiger partial charge in [0, 0.05) is 0 Å². The van der Waals surface area contributed by atoms with Crippen LogP contribution < -0.4 is 9.47 Å². The van der Waals surface area contributed by atoms with Crippen LogP contribution in [0.4, 0.5) is 0 Å². The first kappa shape index (κ1) is 10.2. The number of hydrogen-bond donors (Lipinski definition) is 0. The lowest BCUT2D eigenvalue weighted by Gasteiger charge is -2.10. The van der Waals surface area contributed by atoms with Gasteiger partial charge in [-0.05, 0) is 12.1 Å². The average molecular weight is 194 g/mol. The molecule has 0 N–H and O–H groups in total. The van der Waals surface area contributed by atoms with Crippen molar-refractivity contribution in [3.05, 3.63) is 23.3 Å². The monoisotopic (exact) mass is 194 g/mol. The lowest BCUT2D eigenvalue weighted by atomic mass is 10.1. The van der Waals surface area contributed by atoms with Gasteiger partial charge in [0.2, 0.25) is 0 Å². The van der Waals surface area contributed by atoms with Gasteiger partial charge in [-0.3, -0.25) is 9.59 Å². The standard InChI is InChI=1S/C10H10O4/c1-13-9-7(5-11)3-4-8(6-12)10(9)14-2/h3-6H,1-2H3. The smallest absolute Gasteiger partial charge is 0.171 e. The summed E-state index contributed by atoms with van der Waals surface area (Å²) in [5.41, 5.74) is 0.713. The number of carbonyl (C=O) groups is 2. The molecule has 0 amide bonds. The Kier molecular flexibility index (Phi) is 3.23. The van der Waals surface area contributed by atoms with E-state index in [2.05, 4.69) is 0 Å². The third-order valence-corrected chi connectivity index (χ3v) is 1.84. The largest absolute Gasteiger partial charge is 0.492 e. The van der Waals surface area contributed by atoms with Crippen molar-refractivity contribution in [2.45, 2.75) is 0 Å². The van der Waals surface area contributed by atoms with Crippen LogP contribution in [0.2, 0.25) is 0 Å². The molecule has 0 saturated carbocycles. The Hall–Kier alpha value is -1.84. The van der Waals surface area contributed by atoms with Crippen LogP contribution in [0.1, 0.15) is 20.7 Å². The molecular formula is C10H10O4. The number of benzene rings is 1. The fraction of sp³-hybridized carbons (Fsp3) is 0.200. The predicted octanol–water partition coefficient (Wildman–Crippen LogP) is 1.33. The molecule has 0 spiro atoms. The molecule has 4 heteroatoms. The van der Waals surface area contributed by atoms with Crippen molar-refractivity contribution < 1.29 is 19.1 Å². The molecule has 14 heavy (non-hydrogen) atoms. The Morgan fingerprint density at radius 3 is 1.50 bits per heavy atom. The minimum absolute atomic E-state index is 0.284. The van der Waals surface area contributed by atoms with Gasteiger partial charge in [-0.1, -0.05) is 0 Å². The maximum atomic E-state index is 10.6. The van der Waals surface area contributed by atoms with Crippen LogP contribution in [0.3, 0.4) is 0 Å². The highest BCUT2D eigenvalue weighted by atomic mass is 16.5. The maximum Gasteiger partial charge on any atom is 0.171 e. The van der Waals surface area contributed by atoms with Crippen LogP contribution in [0, 0.1) is 0 Å². The fourth-order valence-corrected chi connectivity index (χ4v) is 1.20. The molecule has 0 unspecified atom stereocenters. The van der Waals surface area contributed by atoms with Crippen molar-refractivity contribution in [1.29, 1.82) is 0 Å². The molecule has 1 aromatic rings. The molecule has 0 radical (unpaired) electrons. The summed E-state index contributed by atoms with van der Waals surface area (Å²) in [6, 6.07) is 3.02. The first-order valence-corrected chi connectivity index (χ1v) is 3.93. The molecule has 0 aliphatic rings. The van der Waals surface area contributed by atoms with Crippen LogP contribution in [-0.4, -0.2) is 26.8 Å². The van der Waals surface area contributed by atoms with Gasteiger partial charge in [-0.2, -0.15) is 0 Å². The van der Waals surface area contributed by atoms with E-state index in [1.54, 1.807) is 0 Å². The van der Waals surface area contributed by atoms with Crippen LogP contribution in [0.5, 0.6) is 11.5 Å². The third-order valence-electron chi connectivity index (χ3n) is 1.84. The molecule has 0 bridgehead atoms. The van der Waals surface area contributed by atoms with Gasteiger partial charge >= 0.3 is 0 Å². The number of rotatable bonds is 4. The van der Waals surface area contributed by atoms with Crippen molar-refractivity contribution in [2.24, 2.45) is 0 Å². The van der Waals surface area contributed by atoms with E-state index in [0.29, 0.717) is 23.7 Å². The molecule has 4 nitrogen and oxygen atoms in total. The zero-order valence-corrected chi connectivity index (χ0v) is 7.94. The summed E-state index contributed by atoms with van der Waals surface area (Å²) < 4.78 is 9.97. The van der Waals surface area contributed by atoms with E-state index in [0.717, 1.165) is 0 Å². The quantitative estimate of drug-likeness (QED) is 0.678. The zero-order chi connectivity index (χ0) is 10.6. The number of carbonyl (C=O) groups excluding carboxylic acids is 2. The van der Waals surface area contributed by atoms with Crippen LogP contribution in [0.25, 0.3) is 0 Å². The number of aldehydes is 2. The summed E-state index contributed by atoms with van der Waals surface area (Å²) in [7, 11) is 2.83. The Morgan fingerprint density at radius 1 is 0.929 bits per heavy atom. The van der Waals surface area contributed by atoms with Gasteiger partial charge in [0.1, 0.15) is 0 Å². The first-order valence-electron chi connectivity index (χ1n) is 3.93. The van der Waals surface area contributed by atoms with Crippen molar-refractivity contribution in [3.8, 4) is 11.5 Å². The Morgan fingerprint density at radius 2 is 1.29 bits per heavy atom. The number of methoxy groups -OCH3 is 2. The average Bonchev–Trinajstić information content (AvgIpc) is 2.26. The molecule has 0 heterocycles. The minimum Gasteiger partial charge on any atom is -0.492 e. The van der Waals surface area contributed by atoms with E-state index in [4.69, 9.17) is 9.47 Å². The van der Waals surface area contributed by atoms with E-state index >= 15 is 0 Å². The third kappa shape index (κ3) is 1.59. The van der Waals surface area contributed by atoms with Gasteiger partial charge in [0.25, 0.3) is 0 Å². The van der Waals surface area contributed by atoms with E-state index in [1.165, 1.54) is 26.4 Å². The molecular weight excluding hydrogens is 184 g/mol. The van der Waals surface area contributed by atoms with Gasteiger partial charge in [0.05, 0.1) is 25.3 Å². The van der Waals surface area contributed by atoms with E-state index < -0.39 is 0 Å². The summed E-state index contributed by atoms with van der Waals surface area (Å²) in [5, 5.41) is 0. The molecule has 0 atom stereocenters. The Bertz CT molecular complexity index is 322. The van der Waals surface area contributed by atoms with E-state index in [-0.39, 0.29) is 11.5 Å². The maximum absolute atomic E-state index is 10.6. The lowest BCUT2D eigenvalue weighted by molar-refractivity contribution is 0.110. The van der Waals surface area contributed by atoms with Gasteiger partial charge in [-0.15, -0.1) is 0 Å². The molecule has 1 aromatic carbocycles. The number of hydrogen-bond acceptors (Lipinski definition) is 4. The summed E-state index contributed by atoms with van der Waals surface area (Å²) in [6.07, 6.45) is 1.30. The summed E-state index contributed by atoms with van der Waals surface area (Å²) >= 11 is 0. The SMILES string of the molecule is COc1c(C=O)ccc(C=O)c1OC. The van der Waals surface area contributed by atoms with Crippen LogP contribution in [-0.2, 0) is 0 Å². The molecule has 0 aliphatic carbocycles. The fourth-order valence-electron chi connectivity index (χ4n) is 1.20. The van der Waals surface area contributed by atoms with E-state index in [9.17, 15) is 9.59 Å². The highest BCUT2D eigenvalue weighted by molar-refractivity contribution is 5.88. The highest BCUT2D eigenvalue weighted by Gasteiger charge is 2.13. The predicted molar refractivity (Wildman–Crippen MR) is 50.3 cm³/mol. The van der Waals surface area contributed by atoms with Crippen molar-refractivity contribution >= 4 is 12.6 Å². The highest BCUT2D eigenvalue weighted by Crippen LogP contribution is 2.32. The second-order valence-corrected chi connectivity index (χ2v) is 2.55. The minimum atomic E-state index is 0.284. The molecule has 74 valence electrons. The van der Waals surface area contributed by atoms with Crippen molar-refractivity contribution in [3.63, 3.8) is 0 Å². The first-order chi connectivity index (χ1) is 6.78. The van der Waals surface area contributed by atoms with Crippen molar-refractivity contribution in [1.82, 2.24) is 0 Å². The van der Waals surface area contributed by atoms with Crippen molar-refractivity contribution in [2.75, 3.05) is 14.2 Å². The summed E-state index contributed by atoms with van der Waals surface area (Å²) in [6.45, 7) is 0. The molecule has 0 aromatic heterocycles. The van der Waals surface area contributed by atoms with Gasteiger partial charge < -0.3 is 9.47 Å². The van der Waals surface area contributed by atoms with E-state index in [1.807, 2.05) is 0 Å². The molecule has 0 aliphatic heterocycles. The second-order valence-electron chi connectivity index (χ2n) is 2.55. The second kappa shape index (κ2) is 4.41. The summed E-state index contributed by atoms with van der Waals surface area (Å²) in [4.78, 5) is 21.3. The zero-order valence-electron chi connectivity index (χ0n) is 7.94. The number of ether oxygens (including phenoxy) is 2. The summed E-state index contributed by atoms with van der Waals surface area (Å²) in [5.74, 6) is 0.569. The van der Waals surface area contributed by atoms with Crippen LogP contribution in [0.15, 0.2) is 12.1 Å². The molecule has 0 saturated heterocycles. The normalized spacial score (nSPS) is 9.29. The molecule has 0 fully saturated rings. The van der Waals surface area contributed by atoms with Crippen LogP contribution >= 0.6 is 0 Å². The lowest BCUT2D eigenvalue weighted by Crippen LogP contribution is -1.98. The van der Waals surface area contributed by atoms with Gasteiger partial charge in [-0.25, -0.2) is 0 Å². The Balaban J connectivity index is 3.42. The van der Waals surface area contributed by atoms with Gasteiger partial charge in [0.15, 0.2) is 24.1 Å².